The summed E-state index contributed by atoms with van der Waals surface area (Å²) in [6.45, 7) is 1.79. The summed E-state index contributed by atoms with van der Waals surface area (Å²) in [6.07, 6.45) is 2.31. The molecule has 1 atom stereocenters. The number of rotatable bonds is 8. The highest BCUT2D eigenvalue weighted by Crippen LogP contribution is 2.12. The Bertz CT molecular complexity index is 389. The largest absolute Gasteiger partial charge is 0.300 e. The molecule has 0 bridgehead atoms. The summed E-state index contributed by atoms with van der Waals surface area (Å²) in [7, 11) is 0. The molecule has 0 N–H and O–H groups in total. The van der Waals surface area contributed by atoms with Gasteiger partial charge in [0.25, 0.3) is 0 Å². The first kappa shape index (κ1) is 14.4. The van der Waals surface area contributed by atoms with Crippen LogP contribution in [0.2, 0.25) is 0 Å². The van der Waals surface area contributed by atoms with Crippen LogP contribution in [-0.4, -0.2) is 16.7 Å². The molecule has 0 heterocycles. The first-order valence-electron chi connectivity index (χ1n) is 6.32. The molecule has 1 aromatic carbocycles. The smallest absolute Gasteiger partial charge is 0.213 e. The number of hydrogen-bond acceptors (Lipinski definition) is 3. The van der Waals surface area contributed by atoms with E-state index >= 15 is 0 Å². The average molecular weight is 249 g/mol. The summed E-state index contributed by atoms with van der Waals surface area (Å²) in [5, 5.41) is 10.9. The molecule has 0 amide bonds. The van der Waals surface area contributed by atoms with Crippen molar-refractivity contribution in [1.82, 2.24) is 0 Å². The zero-order chi connectivity index (χ0) is 13.4. The Balaban J connectivity index is 2.43. The lowest BCUT2D eigenvalue weighted by atomic mass is 10.0. The first-order chi connectivity index (χ1) is 8.63. The van der Waals surface area contributed by atoms with E-state index < -0.39 is 6.04 Å². The Labute approximate surface area is 107 Å². The quantitative estimate of drug-likeness (QED) is 0.525. The van der Waals surface area contributed by atoms with Gasteiger partial charge in [-0.3, -0.25) is 14.9 Å². The molecular formula is C14H19NO3. The Morgan fingerprint density at radius 3 is 2.50 bits per heavy atom. The fourth-order valence-corrected chi connectivity index (χ4v) is 1.84. The normalized spacial score (nSPS) is 12.1. The molecule has 0 saturated carbocycles. The van der Waals surface area contributed by atoms with Gasteiger partial charge in [0.1, 0.15) is 5.78 Å². The molecule has 18 heavy (non-hydrogen) atoms. The molecule has 0 aliphatic heterocycles. The molecule has 1 aromatic rings. The van der Waals surface area contributed by atoms with Crippen molar-refractivity contribution in [3.05, 3.63) is 46.0 Å². The number of carbonyl (C=O) groups excluding carboxylic acids is 1. The van der Waals surface area contributed by atoms with E-state index in [1.54, 1.807) is 6.92 Å². The number of aryl methyl sites for hydroxylation is 1. The van der Waals surface area contributed by atoms with Gasteiger partial charge in [-0.15, -0.1) is 0 Å². The summed E-state index contributed by atoms with van der Waals surface area (Å²) in [4.78, 5) is 21.8. The van der Waals surface area contributed by atoms with E-state index in [0.717, 1.165) is 5.56 Å². The number of carbonyl (C=O) groups is 1. The van der Waals surface area contributed by atoms with Gasteiger partial charge in [-0.1, -0.05) is 37.3 Å². The van der Waals surface area contributed by atoms with E-state index in [4.69, 9.17) is 0 Å². The predicted molar refractivity (Wildman–Crippen MR) is 70.1 cm³/mol. The van der Waals surface area contributed by atoms with Gasteiger partial charge in [0, 0.05) is 30.6 Å². The zero-order valence-corrected chi connectivity index (χ0v) is 10.7. The third-order valence-corrected chi connectivity index (χ3v) is 3.06. The van der Waals surface area contributed by atoms with Crippen LogP contribution in [0.15, 0.2) is 30.3 Å². The number of Topliss-reactive ketones (excluding diaryl/α,β-unsaturated/α-hetero) is 1. The van der Waals surface area contributed by atoms with E-state index in [2.05, 4.69) is 0 Å². The molecule has 0 aliphatic carbocycles. The maximum atomic E-state index is 11.2. The molecule has 98 valence electrons. The molecule has 1 unspecified atom stereocenters. The van der Waals surface area contributed by atoms with Crippen molar-refractivity contribution in [2.45, 2.75) is 45.1 Å². The number of hydrogen-bond donors (Lipinski definition) is 0. The van der Waals surface area contributed by atoms with Crippen molar-refractivity contribution >= 4 is 5.78 Å². The van der Waals surface area contributed by atoms with Crippen LogP contribution in [0.25, 0.3) is 0 Å². The molecule has 4 nitrogen and oxygen atoms in total. The van der Waals surface area contributed by atoms with E-state index in [-0.39, 0.29) is 10.7 Å². The molecule has 0 spiro atoms. The maximum absolute atomic E-state index is 11.2. The lowest BCUT2D eigenvalue weighted by Crippen LogP contribution is -2.21. The van der Waals surface area contributed by atoms with Crippen molar-refractivity contribution < 1.29 is 9.72 Å². The maximum Gasteiger partial charge on any atom is 0.213 e. The highest BCUT2D eigenvalue weighted by atomic mass is 16.6. The van der Waals surface area contributed by atoms with Crippen LogP contribution < -0.4 is 0 Å². The minimum absolute atomic E-state index is 0.0987. The summed E-state index contributed by atoms with van der Waals surface area (Å²) >= 11 is 0. The van der Waals surface area contributed by atoms with Crippen molar-refractivity contribution in [3.8, 4) is 0 Å². The van der Waals surface area contributed by atoms with Gasteiger partial charge < -0.3 is 0 Å². The van der Waals surface area contributed by atoms with Crippen LogP contribution >= 0.6 is 0 Å². The highest BCUT2D eigenvalue weighted by Gasteiger charge is 2.20. The zero-order valence-electron chi connectivity index (χ0n) is 10.7. The van der Waals surface area contributed by atoms with Gasteiger partial charge in [0.05, 0.1) is 0 Å². The monoisotopic (exact) mass is 249 g/mol. The molecule has 0 aromatic heterocycles. The van der Waals surface area contributed by atoms with Gasteiger partial charge in [0.15, 0.2) is 0 Å². The SMILES string of the molecule is CCC(=O)CCC(CCc1ccccc1)[N+](=O)[O-]. The Hall–Kier alpha value is -1.71. The van der Waals surface area contributed by atoms with E-state index in [9.17, 15) is 14.9 Å². The Kier molecular flexibility index (Phi) is 6.05. The molecular weight excluding hydrogens is 230 g/mol. The number of ketones is 1. The van der Waals surface area contributed by atoms with Crippen LogP contribution in [-0.2, 0) is 11.2 Å². The summed E-state index contributed by atoms with van der Waals surface area (Å²) in [5.74, 6) is 0.0987. The topological polar surface area (TPSA) is 60.2 Å². The molecule has 1 rings (SSSR count). The predicted octanol–water partition coefficient (Wildman–Crippen LogP) is 3.02. The van der Waals surface area contributed by atoms with Crippen LogP contribution in [0.1, 0.15) is 38.2 Å². The van der Waals surface area contributed by atoms with Gasteiger partial charge in [-0.05, 0) is 12.0 Å². The lowest BCUT2D eigenvalue weighted by Gasteiger charge is -2.08. The Morgan fingerprint density at radius 1 is 1.28 bits per heavy atom. The van der Waals surface area contributed by atoms with Crippen LogP contribution in [0.5, 0.6) is 0 Å². The van der Waals surface area contributed by atoms with E-state index in [0.29, 0.717) is 32.1 Å². The van der Waals surface area contributed by atoms with Crippen molar-refractivity contribution in [1.29, 1.82) is 0 Å². The molecule has 0 aliphatic rings. The van der Waals surface area contributed by atoms with Crippen molar-refractivity contribution in [3.63, 3.8) is 0 Å². The molecule has 0 fully saturated rings. The second kappa shape index (κ2) is 7.58. The molecule has 4 heteroatoms. The summed E-state index contributed by atoms with van der Waals surface area (Å²) in [6, 6.07) is 9.10. The first-order valence-corrected chi connectivity index (χ1v) is 6.32. The molecule has 0 saturated heterocycles. The van der Waals surface area contributed by atoms with Crippen LogP contribution in [0.4, 0.5) is 0 Å². The lowest BCUT2D eigenvalue weighted by molar-refractivity contribution is -0.524. The second-order valence-electron chi connectivity index (χ2n) is 4.39. The molecule has 0 radical (unpaired) electrons. The highest BCUT2D eigenvalue weighted by molar-refractivity contribution is 5.77. The summed E-state index contributed by atoms with van der Waals surface area (Å²) in [5.41, 5.74) is 1.10. The number of nitro groups is 1. The van der Waals surface area contributed by atoms with Crippen LogP contribution in [0.3, 0.4) is 0 Å². The standard InChI is InChI=1S/C14H19NO3/c1-2-14(16)11-10-13(15(17)18)9-8-12-6-4-3-5-7-12/h3-7,13H,2,8-11H2,1H3. The Morgan fingerprint density at radius 2 is 1.94 bits per heavy atom. The van der Waals surface area contributed by atoms with Crippen LogP contribution in [0, 0.1) is 10.1 Å². The van der Waals surface area contributed by atoms with Gasteiger partial charge in [0.2, 0.25) is 6.04 Å². The third-order valence-electron chi connectivity index (χ3n) is 3.06. The fourth-order valence-electron chi connectivity index (χ4n) is 1.84. The van der Waals surface area contributed by atoms with Gasteiger partial charge >= 0.3 is 0 Å². The van der Waals surface area contributed by atoms with Gasteiger partial charge in [-0.2, -0.15) is 0 Å². The summed E-state index contributed by atoms with van der Waals surface area (Å²) < 4.78 is 0. The average Bonchev–Trinajstić information content (AvgIpc) is 2.39. The minimum atomic E-state index is -0.610. The van der Waals surface area contributed by atoms with E-state index in [1.807, 2.05) is 30.3 Å². The minimum Gasteiger partial charge on any atom is -0.300 e. The van der Waals surface area contributed by atoms with Gasteiger partial charge in [-0.25, -0.2) is 0 Å². The number of nitrogens with zero attached hydrogens (tertiary/aromatic N) is 1. The van der Waals surface area contributed by atoms with Crippen molar-refractivity contribution in [2.75, 3.05) is 0 Å². The van der Waals surface area contributed by atoms with E-state index in [1.165, 1.54) is 0 Å². The fraction of sp³-hybridized carbons (Fsp3) is 0.500. The number of benzene rings is 1. The van der Waals surface area contributed by atoms with Crippen molar-refractivity contribution in [2.24, 2.45) is 0 Å². The second-order valence-corrected chi connectivity index (χ2v) is 4.39. The third kappa shape index (κ3) is 5.08.